The number of amides is 4. The van der Waals surface area contributed by atoms with Gasteiger partial charge in [-0.3, -0.25) is 24.0 Å². The first-order chi connectivity index (χ1) is 17.9. The van der Waals surface area contributed by atoms with Gasteiger partial charge in [-0.2, -0.15) is 0 Å². The van der Waals surface area contributed by atoms with Gasteiger partial charge in [0, 0.05) is 12.8 Å². The molecule has 0 bridgehead atoms. The Morgan fingerprint density at radius 1 is 0.763 bits per heavy atom. The van der Waals surface area contributed by atoms with Gasteiger partial charge in [-0.25, -0.2) is 4.79 Å². The smallest absolute Gasteiger partial charge is 0.328 e. The Bertz CT molecular complexity index is 990. The summed E-state index contributed by atoms with van der Waals surface area (Å²) in [5, 5.41) is 45.2. The molecule has 0 saturated heterocycles. The molecule has 0 spiro atoms. The van der Waals surface area contributed by atoms with Crippen LogP contribution in [-0.2, 0) is 35.2 Å². The third kappa shape index (κ3) is 10.9. The highest BCUT2D eigenvalue weighted by molar-refractivity contribution is 5.95. The van der Waals surface area contributed by atoms with E-state index in [2.05, 4.69) is 21.3 Å². The van der Waals surface area contributed by atoms with Gasteiger partial charge < -0.3 is 47.4 Å². The number of nitrogens with one attached hydrogen (secondary N) is 4. The average molecular weight is 540 g/mol. The molecular formula is C23H33N5O10. The Morgan fingerprint density at radius 2 is 1.32 bits per heavy atom. The zero-order valence-corrected chi connectivity index (χ0v) is 20.6. The summed E-state index contributed by atoms with van der Waals surface area (Å²) < 4.78 is 0. The van der Waals surface area contributed by atoms with Gasteiger partial charge in [-0.05, 0) is 18.9 Å². The standard InChI is InChI=1S/C23H33N5O10/c1-12(19(33)28-17(11-30)23(37)38)25-22(36)16(9-13-5-3-2-4-6-13)27-21(35)15(7-8-18(31)32)26-20(34)14(24)10-29/h2-6,12,14-17,29-30H,7-11,24H2,1H3,(H,25,36)(H,26,34)(H,27,35)(H,28,33)(H,31,32)(H,37,38)/t12-,14-,15-,16-,17-/m0/s1. The summed E-state index contributed by atoms with van der Waals surface area (Å²) >= 11 is 0. The lowest BCUT2D eigenvalue weighted by molar-refractivity contribution is -0.143. The topological polar surface area (TPSA) is 257 Å². The Labute approximate surface area is 217 Å². The molecule has 1 rings (SSSR count). The van der Waals surface area contributed by atoms with Crippen LogP contribution in [0.2, 0.25) is 0 Å². The van der Waals surface area contributed by atoms with Gasteiger partial charge in [-0.15, -0.1) is 0 Å². The fraction of sp³-hybridized carbons (Fsp3) is 0.478. The summed E-state index contributed by atoms with van der Waals surface area (Å²) in [5.74, 6) is -6.30. The number of benzene rings is 1. The molecule has 0 aromatic heterocycles. The minimum absolute atomic E-state index is 0.0586. The number of aliphatic hydroxyl groups is 2. The molecule has 15 nitrogen and oxygen atoms in total. The van der Waals surface area contributed by atoms with E-state index in [0.717, 1.165) is 0 Å². The van der Waals surface area contributed by atoms with E-state index in [-0.39, 0.29) is 12.8 Å². The number of rotatable bonds is 16. The van der Waals surface area contributed by atoms with Crippen molar-refractivity contribution in [1.29, 1.82) is 0 Å². The largest absolute Gasteiger partial charge is 0.481 e. The quantitative estimate of drug-likeness (QED) is 0.0993. The zero-order valence-electron chi connectivity index (χ0n) is 20.6. The van der Waals surface area contributed by atoms with E-state index in [1.165, 1.54) is 6.92 Å². The molecule has 5 atom stereocenters. The van der Waals surface area contributed by atoms with Crippen molar-refractivity contribution in [3.05, 3.63) is 35.9 Å². The lowest BCUT2D eigenvalue weighted by Gasteiger charge is -2.25. The van der Waals surface area contributed by atoms with E-state index in [4.69, 9.17) is 26.2 Å². The van der Waals surface area contributed by atoms with Crippen molar-refractivity contribution >= 4 is 35.6 Å². The molecule has 4 amide bonds. The van der Waals surface area contributed by atoms with Crippen LogP contribution in [0.25, 0.3) is 0 Å². The molecule has 0 aliphatic heterocycles. The minimum atomic E-state index is -1.59. The fourth-order valence-corrected chi connectivity index (χ4v) is 3.09. The first-order valence-electron chi connectivity index (χ1n) is 11.6. The zero-order chi connectivity index (χ0) is 28.8. The number of nitrogens with two attached hydrogens (primary N) is 1. The number of hydrogen-bond donors (Lipinski definition) is 9. The van der Waals surface area contributed by atoms with E-state index in [9.17, 15) is 28.8 Å². The molecule has 10 N–H and O–H groups in total. The summed E-state index contributed by atoms with van der Waals surface area (Å²) in [5.41, 5.74) is 6.07. The summed E-state index contributed by atoms with van der Waals surface area (Å²) in [4.78, 5) is 72.6. The molecule has 1 aromatic carbocycles. The van der Waals surface area contributed by atoms with E-state index >= 15 is 0 Å². The third-order valence-electron chi connectivity index (χ3n) is 5.28. The predicted octanol–water partition coefficient (Wildman–Crippen LogP) is -3.55. The summed E-state index contributed by atoms with van der Waals surface area (Å²) in [6.07, 6.45) is -0.909. The van der Waals surface area contributed by atoms with Crippen LogP contribution in [0.1, 0.15) is 25.3 Å². The second-order valence-electron chi connectivity index (χ2n) is 8.35. The molecular weight excluding hydrogens is 506 g/mol. The average Bonchev–Trinajstić information content (AvgIpc) is 2.88. The maximum absolute atomic E-state index is 13.0. The maximum Gasteiger partial charge on any atom is 0.328 e. The highest BCUT2D eigenvalue weighted by Gasteiger charge is 2.30. The van der Waals surface area contributed by atoms with Crippen molar-refractivity contribution in [2.75, 3.05) is 13.2 Å². The number of carbonyl (C=O) groups is 6. The van der Waals surface area contributed by atoms with Crippen LogP contribution in [0, 0.1) is 0 Å². The molecule has 1 aromatic rings. The van der Waals surface area contributed by atoms with Crippen LogP contribution in [-0.4, -0.2) is 99.4 Å². The van der Waals surface area contributed by atoms with Crippen LogP contribution in [0.15, 0.2) is 30.3 Å². The van der Waals surface area contributed by atoms with Crippen molar-refractivity contribution in [3.63, 3.8) is 0 Å². The Morgan fingerprint density at radius 3 is 1.84 bits per heavy atom. The van der Waals surface area contributed by atoms with Gasteiger partial charge in [0.15, 0.2) is 0 Å². The monoisotopic (exact) mass is 539 g/mol. The van der Waals surface area contributed by atoms with Crippen LogP contribution < -0.4 is 27.0 Å². The number of carbonyl (C=O) groups excluding carboxylic acids is 4. The summed E-state index contributed by atoms with van der Waals surface area (Å²) in [6, 6.07) is 1.51. The van der Waals surface area contributed by atoms with Gasteiger partial charge >= 0.3 is 11.9 Å². The molecule has 0 fully saturated rings. The van der Waals surface area contributed by atoms with E-state index in [1.807, 2.05) is 0 Å². The second kappa shape index (κ2) is 15.9. The number of carboxylic acid groups (broad SMARTS) is 2. The number of hydrogen-bond acceptors (Lipinski definition) is 9. The van der Waals surface area contributed by atoms with Gasteiger partial charge in [-0.1, -0.05) is 30.3 Å². The molecule has 0 saturated carbocycles. The number of aliphatic carboxylic acids is 2. The van der Waals surface area contributed by atoms with Crippen molar-refractivity contribution in [2.45, 2.75) is 56.4 Å². The Balaban J connectivity index is 3.09. The van der Waals surface area contributed by atoms with Gasteiger partial charge in [0.05, 0.1) is 13.2 Å². The second-order valence-corrected chi connectivity index (χ2v) is 8.35. The fourth-order valence-electron chi connectivity index (χ4n) is 3.09. The molecule has 210 valence electrons. The normalized spacial score (nSPS) is 14.6. The van der Waals surface area contributed by atoms with Gasteiger partial charge in [0.25, 0.3) is 0 Å². The van der Waals surface area contributed by atoms with E-state index in [0.29, 0.717) is 5.56 Å². The Hall–Kier alpha value is -4.08. The molecule has 0 aliphatic carbocycles. The van der Waals surface area contributed by atoms with E-state index in [1.54, 1.807) is 30.3 Å². The van der Waals surface area contributed by atoms with Gasteiger partial charge in [0.2, 0.25) is 23.6 Å². The predicted molar refractivity (Wildman–Crippen MR) is 130 cm³/mol. The first-order valence-corrected chi connectivity index (χ1v) is 11.6. The van der Waals surface area contributed by atoms with Crippen molar-refractivity contribution in [1.82, 2.24) is 21.3 Å². The molecule has 15 heteroatoms. The van der Waals surface area contributed by atoms with Crippen LogP contribution >= 0.6 is 0 Å². The SMILES string of the molecule is C[C@H](NC(=O)[C@H](Cc1ccccc1)NC(=O)[C@H](CCC(=O)O)NC(=O)[C@@H](N)CO)C(=O)N[C@@H](CO)C(=O)O. The lowest BCUT2D eigenvalue weighted by Crippen LogP contribution is -2.58. The van der Waals surface area contributed by atoms with Crippen molar-refractivity contribution < 1.29 is 49.2 Å². The summed E-state index contributed by atoms with van der Waals surface area (Å²) in [6.45, 7) is -0.341. The van der Waals surface area contributed by atoms with Crippen LogP contribution in [0.4, 0.5) is 0 Å². The van der Waals surface area contributed by atoms with Crippen LogP contribution in [0.3, 0.4) is 0 Å². The molecule has 0 heterocycles. The number of aliphatic hydroxyl groups excluding tert-OH is 2. The minimum Gasteiger partial charge on any atom is -0.481 e. The highest BCUT2D eigenvalue weighted by Crippen LogP contribution is 2.06. The maximum atomic E-state index is 13.0. The molecule has 0 radical (unpaired) electrons. The Kier molecular flexibility index (Phi) is 13.4. The number of carboxylic acids is 2. The van der Waals surface area contributed by atoms with Crippen molar-refractivity contribution in [2.24, 2.45) is 5.73 Å². The molecule has 0 aliphatic rings. The molecule has 0 unspecified atom stereocenters. The molecule has 38 heavy (non-hydrogen) atoms. The van der Waals surface area contributed by atoms with Crippen LogP contribution in [0.5, 0.6) is 0 Å². The first kappa shape index (κ1) is 31.9. The lowest BCUT2D eigenvalue weighted by atomic mass is 10.0. The van der Waals surface area contributed by atoms with E-state index < -0.39 is 85.4 Å². The summed E-state index contributed by atoms with van der Waals surface area (Å²) in [7, 11) is 0. The van der Waals surface area contributed by atoms with Crippen molar-refractivity contribution in [3.8, 4) is 0 Å². The highest BCUT2D eigenvalue weighted by atomic mass is 16.4. The third-order valence-corrected chi connectivity index (χ3v) is 5.28. The van der Waals surface area contributed by atoms with Gasteiger partial charge in [0.1, 0.15) is 30.2 Å².